The van der Waals surface area contributed by atoms with Crippen molar-refractivity contribution in [3.63, 3.8) is 0 Å². The predicted molar refractivity (Wildman–Crippen MR) is 112 cm³/mol. The Balaban J connectivity index is 1.72. The van der Waals surface area contributed by atoms with E-state index in [-0.39, 0.29) is 11.9 Å². The molecular formula is C22H18ClF3N4O. The van der Waals surface area contributed by atoms with E-state index >= 15 is 0 Å². The van der Waals surface area contributed by atoms with Crippen molar-refractivity contribution in [1.29, 1.82) is 0 Å². The molecule has 3 aromatic rings. The second kappa shape index (κ2) is 8.19. The van der Waals surface area contributed by atoms with Gasteiger partial charge in [0.2, 0.25) is 11.9 Å². The van der Waals surface area contributed by atoms with Crippen molar-refractivity contribution in [2.75, 3.05) is 11.9 Å². The molecule has 0 spiro atoms. The highest BCUT2D eigenvalue weighted by Crippen LogP contribution is 2.32. The summed E-state index contributed by atoms with van der Waals surface area (Å²) in [6.45, 7) is 2.46. The molecule has 0 fully saturated rings. The van der Waals surface area contributed by atoms with Gasteiger partial charge in [0, 0.05) is 48.3 Å². The van der Waals surface area contributed by atoms with E-state index in [1.807, 2.05) is 12.1 Å². The summed E-state index contributed by atoms with van der Waals surface area (Å²) < 4.78 is 38.4. The van der Waals surface area contributed by atoms with Crippen molar-refractivity contribution < 1.29 is 18.0 Å². The third-order valence-corrected chi connectivity index (χ3v) is 5.34. The van der Waals surface area contributed by atoms with Crippen molar-refractivity contribution in [2.45, 2.75) is 26.1 Å². The minimum Gasteiger partial charge on any atom is -0.338 e. The number of benzene rings is 2. The van der Waals surface area contributed by atoms with Crippen LogP contribution < -0.4 is 5.32 Å². The highest BCUT2D eigenvalue weighted by Gasteiger charge is 2.30. The van der Waals surface area contributed by atoms with Gasteiger partial charge in [-0.1, -0.05) is 23.7 Å². The molecule has 160 valence electrons. The molecule has 0 saturated carbocycles. The second-order valence-corrected chi connectivity index (χ2v) is 7.66. The van der Waals surface area contributed by atoms with Crippen LogP contribution in [0.2, 0.25) is 5.02 Å². The largest absolute Gasteiger partial charge is 0.416 e. The van der Waals surface area contributed by atoms with Crippen LogP contribution in [0, 0.1) is 0 Å². The molecule has 5 nitrogen and oxygen atoms in total. The van der Waals surface area contributed by atoms with E-state index in [0.717, 1.165) is 29.0 Å². The molecule has 1 aromatic heterocycles. The Labute approximate surface area is 181 Å². The van der Waals surface area contributed by atoms with E-state index in [0.29, 0.717) is 35.9 Å². The fourth-order valence-electron chi connectivity index (χ4n) is 3.46. The van der Waals surface area contributed by atoms with Gasteiger partial charge in [-0.2, -0.15) is 13.2 Å². The molecule has 0 atom stereocenters. The lowest BCUT2D eigenvalue weighted by Gasteiger charge is -2.29. The van der Waals surface area contributed by atoms with Gasteiger partial charge in [-0.25, -0.2) is 9.97 Å². The molecule has 9 heteroatoms. The maximum Gasteiger partial charge on any atom is 0.416 e. The van der Waals surface area contributed by atoms with Crippen LogP contribution in [0.1, 0.15) is 23.7 Å². The zero-order valence-corrected chi connectivity index (χ0v) is 17.3. The third-order valence-electron chi connectivity index (χ3n) is 5.09. The van der Waals surface area contributed by atoms with Gasteiger partial charge in [-0.05, 0) is 36.4 Å². The first-order valence-electron chi connectivity index (χ1n) is 9.56. The molecule has 1 aliphatic rings. The number of carbonyl (C=O) groups is 1. The number of nitrogens with one attached hydrogen (secondary N) is 1. The highest BCUT2D eigenvalue weighted by atomic mass is 35.5. The van der Waals surface area contributed by atoms with Crippen LogP contribution in [-0.4, -0.2) is 27.3 Å². The van der Waals surface area contributed by atoms with Crippen LogP contribution in [0.4, 0.5) is 24.8 Å². The number of hydrogen-bond acceptors (Lipinski definition) is 4. The Kier molecular flexibility index (Phi) is 5.58. The molecule has 1 aliphatic heterocycles. The Morgan fingerprint density at radius 2 is 1.74 bits per heavy atom. The summed E-state index contributed by atoms with van der Waals surface area (Å²) in [6, 6.07) is 11.9. The molecule has 2 heterocycles. The molecule has 0 saturated heterocycles. The van der Waals surface area contributed by atoms with Crippen molar-refractivity contribution >= 4 is 29.1 Å². The fraction of sp³-hybridized carbons (Fsp3) is 0.227. The van der Waals surface area contributed by atoms with Crippen molar-refractivity contribution in [3.05, 3.63) is 70.4 Å². The monoisotopic (exact) mass is 446 g/mol. The summed E-state index contributed by atoms with van der Waals surface area (Å²) >= 11 is 6.01. The molecular weight excluding hydrogens is 429 g/mol. The quantitative estimate of drug-likeness (QED) is 0.580. The predicted octanol–water partition coefficient (Wildman–Crippen LogP) is 5.46. The zero-order valence-electron chi connectivity index (χ0n) is 16.5. The van der Waals surface area contributed by atoms with Crippen LogP contribution in [0.15, 0.2) is 48.5 Å². The molecule has 0 bridgehead atoms. The Morgan fingerprint density at radius 3 is 2.35 bits per heavy atom. The Bertz CT molecular complexity index is 1120. The highest BCUT2D eigenvalue weighted by molar-refractivity contribution is 6.30. The minimum atomic E-state index is -4.40. The van der Waals surface area contributed by atoms with Gasteiger partial charge in [0.05, 0.1) is 17.0 Å². The molecule has 0 radical (unpaired) electrons. The SMILES string of the molecule is CC(=O)N1CCc2nc(Nc3ccc(C(F)(F)F)cc3)nc(-c3ccc(Cl)cc3)c2C1. The van der Waals surface area contributed by atoms with Gasteiger partial charge in [0.15, 0.2) is 0 Å². The average Bonchev–Trinajstić information content (AvgIpc) is 2.73. The lowest BCUT2D eigenvalue weighted by atomic mass is 9.99. The smallest absolute Gasteiger partial charge is 0.338 e. The molecule has 31 heavy (non-hydrogen) atoms. The first kappa shape index (κ1) is 21.1. The number of alkyl halides is 3. The van der Waals surface area contributed by atoms with Crippen LogP contribution in [0.3, 0.4) is 0 Å². The van der Waals surface area contributed by atoms with Gasteiger partial charge in [0.1, 0.15) is 0 Å². The van der Waals surface area contributed by atoms with Gasteiger partial charge < -0.3 is 10.2 Å². The maximum absolute atomic E-state index is 12.8. The normalized spacial score (nSPS) is 13.6. The van der Waals surface area contributed by atoms with Crippen LogP contribution in [0.25, 0.3) is 11.3 Å². The second-order valence-electron chi connectivity index (χ2n) is 7.22. The molecule has 0 aliphatic carbocycles. The number of amides is 1. The van der Waals surface area contributed by atoms with E-state index in [9.17, 15) is 18.0 Å². The van der Waals surface area contributed by atoms with Crippen molar-refractivity contribution in [2.24, 2.45) is 0 Å². The number of fused-ring (bicyclic) bond motifs is 1. The number of carbonyl (C=O) groups excluding carboxylic acids is 1. The number of halogens is 4. The van der Waals surface area contributed by atoms with E-state index < -0.39 is 11.7 Å². The van der Waals surface area contributed by atoms with E-state index in [2.05, 4.69) is 15.3 Å². The summed E-state index contributed by atoms with van der Waals surface area (Å²) in [5.41, 5.74) is 2.83. The Hall–Kier alpha value is -3.13. The number of rotatable bonds is 3. The van der Waals surface area contributed by atoms with Crippen molar-refractivity contribution in [3.8, 4) is 11.3 Å². The van der Waals surface area contributed by atoms with Gasteiger partial charge in [-0.15, -0.1) is 0 Å². The lowest BCUT2D eigenvalue weighted by Crippen LogP contribution is -2.35. The first-order valence-corrected chi connectivity index (χ1v) is 9.94. The molecule has 2 aromatic carbocycles. The lowest BCUT2D eigenvalue weighted by molar-refractivity contribution is -0.137. The minimum absolute atomic E-state index is 0.0281. The number of aromatic nitrogens is 2. The van der Waals surface area contributed by atoms with Gasteiger partial charge in [0.25, 0.3) is 0 Å². The van der Waals surface area contributed by atoms with Crippen LogP contribution >= 0.6 is 11.6 Å². The summed E-state index contributed by atoms with van der Waals surface area (Å²) in [6.07, 6.45) is -3.84. The molecule has 4 rings (SSSR count). The van der Waals surface area contributed by atoms with Gasteiger partial charge in [-0.3, -0.25) is 4.79 Å². The van der Waals surface area contributed by atoms with E-state index in [1.54, 1.807) is 17.0 Å². The summed E-state index contributed by atoms with van der Waals surface area (Å²) in [5.74, 6) is 0.249. The Morgan fingerprint density at radius 1 is 1.06 bits per heavy atom. The first-order chi connectivity index (χ1) is 14.7. The molecule has 0 unspecified atom stereocenters. The summed E-state index contributed by atoms with van der Waals surface area (Å²) in [4.78, 5) is 22.8. The zero-order chi connectivity index (χ0) is 22.2. The maximum atomic E-state index is 12.8. The van der Waals surface area contributed by atoms with Crippen LogP contribution in [0.5, 0.6) is 0 Å². The fourth-order valence-corrected chi connectivity index (χ4v) is 3.58. The third kappa shape index (κ3) is 4.64. The number of nitrogens with zero attached hydrogens (tertiary/aromatic N) is 3. The van der Waals surface area contributed by atoms with E-state index in [4.69, 9.17) is 11.6 Å². The topological polar surface area (TPSA) is 58.1 Å². The van der Waals surface area contributed by atoms with E-state index in [1.165, 1.54) is 19.1 Å². The van der Waals surface area contributed by atoms with Gasteiger partial charge >= 0.3 is 6.18 Å². The summed E-state index contributed by atoms with van der Waals surface area (Å²) in [5, 5.41) is 3.58. The number of anilines is 2. The standard InChI is InChI=1S/C22H18ClF3N4O/c1-13(31)30-11-10-19-18(12-30)20(14-2-6-16(23)7-3-14)29-21(28-19)27-17-8-4-15(5-9-17)22(24,25)26/h2-9H,10-12H2,1H3,(H,27,28,29). The molecule has 1 N–H and O–H groups in total. The number of hydrogen-bond donors (Lipinski definition) is 1. The average molecular weight is 447 g/mol. The molecule has 1 amide bonds. The van der Waals surface area contributed by atoms with Crippen molar-refractivity contribution in [1.82, 2.24) is 14.9 Å². The van der Waals surface area contributed by atoms with Crippen LogP contribution in [-0.2, 0) is 23.9 Å². The summed E-state index contributed by atoms with van der Waals surface area (Å²) in [7, 11) is 0.